The minimum atomic E-state index is 0.0807. The zero-order valence-corrected chi connectivity index (χ0v) is 21.6. The Bertz CT molecular complexity index is 904. The molecule has 0 spiro atoms. The summed E-state index contributed by atoms with van der Waals surface area (Å²) in [7, 11) is 0. The summed E-state index contributed by atoms with van der Waals surface area (Å²) in [6.45, 7) is 4.49. The number of benzene rings is 2. The fraction of sp³-hybridized carbons (Fsp3) is 0.636. The van der Waals surface area contributed by atoms with Crippen LogP contribution >= 0.6 is 0 Å². The average molecular weight is 461 g/mol. The molecular formula is C33H45F. The van der Waals surface area contributed by atoms with Crippen LogP contribution in [0.3, 0.4) is 0 Å². The molecular weight excluding hydrogens is 415 g/mol. The molecule has 0 heterocycles. The van der Waals surface area contributed by atoms with Gasteiger partial charge < -0.3 is 0 Å². The lowest BCUT2D eigenvalue weighted by Crippen LogP contribution is -2.25. The normalized spacial score (nSPS) is 32.4. The number of hydrogen-bond acceptors (Lipinski definition) is 0. The van der Waals surface area contributed by atoms with Crippen LogP contribution in [-0.2, 0) is 0 Å². The van der Waals surface area contributed by atoms with E-state index in [1.165, 1.54) is 94.6 Å². The number of rotatable bonds is 5. The van der Waals surface area contributed by atoms with E-state index in [2.05, 4.69) is 50.2 Å². The van der Waals surface area contributed by atoms with Crippen LogP contribution in [0.2, 0.25) is 0 Å². The summed E-state index contributed by atoms with van der Waals surface area (Å²) < 4.78 is 15.2. The fourth-order valence-electron chi connectivity index (χ4n) is 7.70. The highest BCUT2D eigenvalue weighted by Gasteiger charge is 2.32. The van der Waals surface area contributed by atoms with Crippen molar-refractivity contribution >= 4 is 0 Å². The summed E-state index contributed by atoms with van der Waals surface area (Å²) in [5.74, 6) is 4.52. The van der Waals surface area contributed by atoms with E-state index in [4.69, 9.17) is 0 Å². The van der Waals surface area contributed by atoms with Gasteiger partial charge in [0.1, 0.15) is 5.82 Å². The van der Waals surface area contributed by atoms with Crippen molar-refractivity contribution in [2.45, 2.75) is 115 Å². The summed E-state index contributed by atoms with van der Waals surface area (Å²) in [6.07, 6.45) is 16.9. The number of aryl methyl sites for hydroxylation is 1. The first-order valence-electron chi connectivity index (χ1n) is 14.5. The summed E-state index contributed by atoms with van der Waals surface area (Å²) in [5.41, 5.74) is 5.17. The number of hydrogen-bond donors (Lipinski definition) is 0. The predicted molar refractivity (Wildman–Crippen MR) is 142 cm³/mol. The van der Waals surface area contributed by atoms with Crippen LogP contribution < -0.4 is 0 Å². The summed E-state index contributed by atoms with van der Waals surface area (Å²) in [6, 6.07) is 15.6. The molecule has 0 bridgehead atoms. The van der Waals surface area contributed by atoms with Gasteiger partial charge in [0.15, 0.2) is 0 Å². The van der Waals surface area contributed by atoms with Crippen molar-refractivity contribution in [1.82, 2.24) is 0 Å². The molecule has 3 aliphatic carbocycles. The van der Waals surface area contributed by atoms with Crippen molar-refractivity contribution in [3.8, 4) is 0 Å². The molecule has 0 aliphatic heterocycles. The first-order valence-corrected chi connectivity index (χ1v) is 14.5. The maximum atomic E-state index is 15.2. The van der Waals surface area contributed by atoms with Crippen molar-refractivity contribution in [3.63, 3.8) is 0 Å². The Kier molecular flexibility index (Phi) is 7.77. The Hall–Kier alpha value is -1.63. The van der Waals surface area contributed by atoms with Crippen LogP contribution in [0.15, 0.2) is 42.5 Å². The van der Waals surface area contributed by atoms with Crippen molar-refractivity contribution < 1.29 is 4.39 Å². The Labute approximate surface area is 207 Å². The number of halogens is 1. The van der Waals surface area contributed by atoms with Crippen LogP contribution in [-0.4, -0.2) is 0 Å². The molecule has 3 aliphatic rings. The highest BCUT2D eigenvalue weighted by molar-refractivity contribution is 5.30. The van der Waals surface area contributed by atoms with Crippen LogP contribution in [0, 0.1) is 30.5 Å². The maximum Gasteiger partial charge on any atom is 0.126 e. The monoisotopic (exact) mass is 460 g/mol. The van der Waals surface area contributed by atoms with Crippen LogP contribution in [0.1, 0.15) is 130 Å². The SMILES string of the molecule is CCC1CCC(c2ccc(C3CCC(C4CCC(c5ccc(C)cc5)CC4)CC3)c(F)c2)CC1. The Balaban J connectivity index is 1.12. The average Bonchev–Trinajstić information content (AvgIpc) is 2.89. The lowest BCUT2D eigenvalue weighted by Gasteiger charge is -2.38. The fourth-order valence-corrected chi connectivity index (χ4v) is 7.70. The van der Waals surface area contributed by atoms with Gasteiger partial charge in [-0.3, -0.25) is 0 Å². The van der Waals surface area contributed by atoms with Crippen molar-refractivity contribution in [1.29, 1.82) is 0 Å². The predicted octanol–water partition coefficient (Wildman–Crippen LogP) is 10.1. The van der Waals surface area contributed by atoms with Gasteiger partial charge in [0, 0.05) is 0 Å². The van der Waals surface area contributed by atoms with Crippen molar-refractivity contribution in [2.24, 2.45) is 17.8 Å². The molecule has 0 nitrogen and oxygen atoms in total. The first kappa shape index (κ1) is 24.1. The molecule has 3 saturated carbocycles. The molecule has 2 aromatic rings. The molecule has 0 amide bonds. The second-order valence-electron chi connectivity index (χ2n) is 12.0. The lowest BCUT2D eigenvalue weighted by molar-refractivity contribution is 0.176. The first-order chi connectivity index (χ1) is 16.6. The molecule has 34 heavy (non-hydrogen) atoms. The van der Waals surface area contributed by atoms with E-state index in [9.17, 15) is 0 Å². The molecule has 3 fully saturated rings. The van der Waals surface area contributed by atoms with Crippen molar-refractivity contribution in [2.75, 3.05) is 0 Å². The lowest BCUT2D eigenvalue weighted by atomic mass is 9.67. The summed E-state index contributed by atoms with van der Waals surface area (Å²) in [5, 5.41) is 0. The van der Waals surface area contributed by atoms with E-state index in [1.54, 1.807) is 5.56 Å². The van der Waals surface area contributed by atoms with Crippen LogP contribution in [0.5, 0.6) is 0 Å². The van der Waals surface area contributed by atoms with Crippen LogP contribution in [0.25, 0.3) is 0 Å². The van der Waals surface area contributed by atoms with Gasteiger partial charge in [-0.2, -0.15) is 0 Å². The molecule has 0 radical (unpaired) electrons. The molecule has 0 atom stereocenters. The van der Waals surface area contributed by atoms with Gasteiger partial charge in [-0.1, -0.05) is 55.3 Å². The summed E-state index contributed by atoms with van der Waals surface area (Å²) >= 11 is 0. The second kappa shape index (κ2) is 11.0. The second-order valence-corrected chi connectivity index (χ2v) is 12.0. The Morgan fingerprint density at radius 1 is 0.618 bits per heavy atom. The highest BCUT2D eigenvalue weighted by atomic mass is 19.1. The zero-order valence-electron chi connectivity index (χ0n) is 21.6. The van der Waals surface area contributed by atoms with Gasteiger partial charge in [-0.25, -0.2) is 4.39 Å². The molecule has 2 aromatic carbocycles. The molecule has 0 unspecified atom stereocenters. The minimum absolute atomic E-state index is 0.0807. The standard InChI is InChI=1S/C33H45F/c1-3-24-6-10-29(11-7-24)31-20-21-32(33(34)22-31)30-18-16-28(17-19-30)27-14-12-26(13-15-27)25-8-4-23(2)5-9-25/h4-5,8-9,20-22,24,26-30H,3,6-7,10-19H2,1-2H3. The van der Waals surface area contributed by atoms with Crippen LogP contribution in [0.4, 0.5) is 4.39 Å². The summed E-state index contributed by atoms with van der Waals surface area (Å²) in [4.78, 5) is 0. The molecule has 184 valence electrons. The van der Waals surface area contributed by atoms with Gasteiger partial charge in [-0.05, 0) is 142 Å². The van der Waals surface area contributed by atoms with E-state index in [-0.39, 0.29) is 5.82 Å². The minimum Gasteiger partial charge on any atom is -0.207 e. The molecule has 5 rings (SSSR count). The molecule has 1 heteroatoms. The Morgan fingerprint density at radius 2 is 1.12 bits per heavy atom. The third kappa shape index (κ3) is 5.44. The topological polar surface area (TPSA) is 0 Å². The van der Waals surface area contributed by atoms with E-state index < -0.39 is 0 Å². The van der Waals surface area contributed by atoms with Gasteiger partial charge in [0.25, 0.3) is 0 Å². The Morgan fingerprint density at radius 3 is 1.68 bits per heavy atom. The van der Waals surface area contributed by atoms with E-state index in [1.807, 2.05) is 6.07 Å². The maximum absolute atomic E-state index is 15.2. The molecule has 0 saturated heterocycles. The van der Waals surface area contributed by atoms with E-state index >= 15 is 4.39 Å². The third-order valence-electron chi connectivity index (χ3n) is 10.1. The van der Waals surface area contributed by atoms with E-state index in [0.717, 1.165) is 29.2 Å². The largest absolute Gasteiger partial charge is 0.207 e. The van der Waals surface area contributed by atoms with Gasteiger partial charge >= 0.3 is 0 Å². The van der Waals surface area contributed by atoms with Gasteiger partial charge in [-0.15, -0.1) is 0 Å². The smallest absolute Gasteiger partial charge is 0.126 e. The van der Waals surface area contributed by atoms with Crippen molar-refractivity contribution in [3.05, 3.63) is 70.5 Å². The molecule has 0 aromatic heterocycles. The highest BCUT2D eigenvalue weighted by Crippen LogP contribution is 2.46. The van der Waals surface area contributed by atoms with E-state index in [0.29, 0.717) is 11.8 Å². The van der Waals surface area contributed by atoms with Gasteiger partial charge in [0.05, 0.1) is 0 Å². The molecule has 0 N–H and O–H groups in total. The third-order valence-corrected chi connectivity index (χ3v) is 10.1. The quantitative estimate of drug-likeness (QED) is 0.416. The zero-order chi connectivity index (χ0) is 23.5. The van der Waals surface area contributed by atoms with Gasteiger partial charge in [0.2, 0.25) is 0 Å².